The van der Waals surface area contributed by atoms with Crippen LogP contribution in [-0.4, -0.2) is 31.8 Å². The van der Waals surface area contributed by atoms with Crippen molar-refractivity contribution in [2.75, 3.05) is 20.8 Å². The zero-order chi connectivity index (χ0) is 14.7. The monoisotopic (exact) mass is 343 g/mol. The Labute approximate surface area is 126 Å². The Hall–Kier alpha value is -1.11. The summed E-state index contributed by atoms with van der Waals surface area (Å²) in [4.78, 5) is 11.1. The maximum absolute atomic E-state index is 11.1. The van der Waals surface area contributed by atoms with Gasteiger partial charge in [0.25, 0.3) is 0 Å². The van der Waals surface area contributed by atoms with Crippen LogP contribution in [0, 0.1) is 5.92 Å². The first-order chi connectivity index (χ1) is 9.56. The van der Waals surface area contributed by atoms with Crippen molar-refractivity contribution in [2.45, 2.75) is 19.1 Å². The Morgan fingerprint density at radius 3 is 2.80 bits per heavy atom. The van der Waals surface area contributed by atoms with Gasteiger partial charge in [-0.25, -0.2) is 0 Å². The van der Waals surface area contributed by atoms with E-state index in [4.69, 9.17) is 14.6 Å². The molecule has 0 amide bonds. The highest BCUT2D eigenvalue weighted by molar-refractivity contribution is 9.10. The van der Waals surface area contributed by atoms with Crippen LogP contribution < -0.4 is 10.1 Å². The Balaban J connectivity index is 2.30. The molecule has 0 saturated carbocycles. The Bertz CT molecular complexity index is 506. The molecule has 5 nitrogen and oxygen atoms in total. The third-order valence-corrected chi connectivity index (χ3v) is 4.19. The van der Waals surface area contributed by atoms with Gasteiger partial charge in [0.05, 0.1) is 24.1 Å². The molecule has 1 fully saturated rings. The van der Waals surface area contributed by atoms with Crippen LogP contribution in [0.5, 0.6) is 5.75 Å². The van der Waals surface area contributed by atoms with Crippen LogP contribution in [0.15, 0.2) is 16.6 Å². The van der Waals surface area contributed by atoms with Gasteiger partial charge in [-0.1, -0.05) is 0 Å². The molecule has 2 atom stereocenters. The lowest BCUT2D eigenvalue weighted by Gasteiger charge is -2.18. The van der Waals surface area contributed by atoms with Crippen LogP contribution in [0.2, 0.25) is 0 Å². The number of ether oxygens (including phenoxy) is 2. The van der Waals surface area contributed by atoms with Gasteiger partial charge in [0.2, 0.25) is 0 Å². The molecule has 0 aromatic heterocycles. The number of hydrogen-bond donors (Lipinski definition) is 2. The number of hydrogen-bond acceptors (Lipinski definition) is 4. The molecular weight excluding hydrogens is 326 g/mol. The number of aliphatic carboxylic acids is 1. The second-order valence-electron chi connectivity index (χ2n) is 4.85. The fourth-order valence-corrected chi connectivity index (χ4v) is 3.06. The van der Waals surface area contributed by atoms with E-state index in [1.807, 2.05) is 12.1 Å². The van der Waals surface area contributed by atoms with E-state index < -0.39 is 5.97 Å². The van der Waals surface area contributed by atoms with Crippen LogP contribution >= 0.6 is 15.9 Å². The van der Waals surface area contributed by atoms with Gasteiger partial charge in [-0.05, 0) is 45.6 Å². The number of benzene rings is 1. The molecule has 1 aliphatic heterocycles. The summed E-state index contributed by atoms with van der Waals surface area (Å²) in [6.45, 7) is 0.963. The first-order valence-electron chi connectivity index (χ1n) is 6.38. The van der Waals surface area contributed by atoms with Crippen LogP contribution in [0.4, 0.5) is 0 Å². The molecule has 0 aliphatic carbocycles. The first-order valence-corrected chi connectivity index (χ1v) is 7.17. The molecule has 1 heterocycles. The van der Waals surface area contributed by atoms with Gasteiger partial charge in [-0.2, -0.15) is 0 Å². The van der Waals surface area contributed by atoms with Gasteiger partial charge in [0, 0.05) is 19.7 Å². The third kappa shape index (κ3) is 3.13. The fourth-order valence-electron chi connectivity index (χ4n) is 2.53. The highest BCUT2D eigenvalue weighted by atomic mass is 79.9. The van der Waals surface area contributed by atoms with Crippen LogP contribution in [0.25, 0.3) is 0 Å². The van der Waals surface area contributed by atoms with E-state index in [1.54, 1.807) is 14.2 Å². The second-order valence-corrected chi connectivity index (χ2v) is 5.70. The topological polar surface area (TPSA) is 67.8 Å². The number of carboxylic acids is 1. The lowest BCUT2D eigenvalue weighted by Crippen LogP contribution is -2.18. The minimum atomic E-state index is -0.749. The van der Waals surface area contributed by atoms with E-state index in [2.05, 4.69) is 21.2 Å². The second kappa shape index (κ2) is 6.56. The molecule has 2 unspecified atom stereocenters. The van der Waals surface area contributed by atoms with E-state index in [-0.39, 0.29) is 12.0 Å². The quantitative estimate of drug-likeness (QED) is 0.858. The van der Waals surface area contributed by atoms with Gasteiger partial charge < -0.3 is 19.9 Å². The van der Waals surface area contributed by atoms with Crippen LogP contribution in [0.1, 0.15) is 23.6 Å². The summed E-state index contributed by atoms with van der Waals surface area (Å²) in [5.41, 5.74) is 2.07. The largest absolute Gasteiger partial charge is 0.496 e. The average Bonchev–Trinajstić information content (AvgIpc) is 2.90. The molecule has 6 heteroatoms. The van der Waals surface area contributed by atoms with E-state index in [0.717, 1.165) is 21.3 Å². The summed E-state index contributed by atoms with van der Waals surface area (Å²) in [6, 6.07) is 3.94. The number of carbonyl (C=O) groups is 1. The minimum Gasteiger partial charge on any atom is -0.496 e. The van der Waals surface area contributed by atoms with Gasteiger partial charge >= 0.3 is 5.97 Å². The molecule has 0 spiro atoms. The van der Waals surface area contributed by atoms with Crippen molar-refractivity contribution in [1.82, 2.24) is 5.32 Å². The van der Waals surface area contributed by atoms with Gasteiger partial charge in [0.1, 0.15) is 5.75 Å². The maximum Gasteiger partial charge on any atom is 0.307 e. The lowest BCUT2D eigenvalue weighted by molar-refractivity contribution is -0.141. The van der Waals surface area contributed by atoms with Gasteiger partial charge in [-0.15, -0.1) is 0 Å². The number of carboxylic acid groups (broad SMARTS) is 1. The van der Waals surface area contributed by atoms with Gasteiger partial charge in [0.15, 0.2) is 0 Å². The number of halogens is 1. The molecule has 2 N–H and O–H groups in total. The molecule has 20 heavy (non-hydrogen) atoms. The highest BCUT2D eigenvalue weighted by Gasteiger charge is 2.31. The molecule has 2 rings (SSSR count). The average molecular weight is 344 g/mol. The minimum absolute atomic E-state index is 0.0310. The molecule has 0 radical (unpaired) electrons. The maximum atomic E-state index is 11.1. The number of nitrogens with one attached hydrogen (secondary N) is 1. The zero-order valence-electron chi connectivity index (χ0n) is 11.5. The summed E-state index contributed by atoms with van der Waals surface area (Å²) < 4.78 is 11.4. The van der Waals surface area contributed by atoms with Crippen molar-refractivity contribution in [3.8, 4) is 5.75 Å². The molecule has 1 aromatic rings. The van der Waals surface area contributed by atoms with Crippen molar-refractivity contribution in [2.24, 2.45) is 5.92 Å². The summed E-state index contributed by atoms with van der Waals surface area (Å²) in [5, 5.41) is 12.4. The third-order valence-electron chi connectivity index (χ3n) is 3.57. The summed E-state index contributed by atoms with van der Waals surface area (Å²) >= 11 is 3.47. The van der Waals surface area contributed by atoms with Crippen molar-refractivity contribution in [3.05, 3.63) is 27.7 Å². The van der Waals surface area contributed by atoms with E-state index in [1.165, 1.54) is 0 Å². The van der Waals surface area contributed by atoms with E-state index >= 15 is 0 Å². The van der Waals surface area contributed by atoms with Crippen molar-refractivity contribution < 1.29 is 19.4 Å². The molecule has 0 bridgehead atoms. The summed E-state index contributed by atoms with van der Waals surface area (Å²) in [7, 11) is 3.26. The van der Waals surface area contributed by atoms with Crippen molar-refractivity contribution >= 4 is 21.9 Å². The summed E-state index contributed by atoms with van der Waals surface area (Å²) in [5.74, 6) is -0.342. The van der Waals surface area contributed by atoms with E-state index in [0.29, 0.717) is 19.6 Å². The Kier molecular flexibility index (Phi) is 5.01. The Morgan fingerprint density at radius 1 is 1.50 bits per heavy atom. The van der Waals surface area contributed by atoms with Crippen molar-refractivity contribution in [3.63, 3.8) is 0 Å². The highest BCUT2D eigenvalue weighted by Crippen LogP contribution is 2.36. The zero-order valence-corrected chi connectivity index (χ0v) is 13.1. The van der Waals surface area contributed by atoms with Crippen LogP contribution in [-0.2, 0) is 16.1 Å². The summed E-state index contributed by atoms with van der Waals surface area (Å²) in [6.07, 6.45) is 0.588. The lowest BCUT2D eigenvalue weighted by atomic mass is 9.96. The van der Waals surface area contributed by atoms with E-state index in [9.17, 15) is 4.79 Å². The van der Waals surface area contributed by atoms with Gasteiger partial charge in [-0.3, -0.25) is 4.79 Å². The predicted octanol–water partition coefficient (Wildman–Crippen LogP) is 2.34. The Morgan fingerprint density at radius 2 is 2.25 bits per heavy atom. The smallest absolute Gasteiger partial charge is 0.307 e. The molecule has 1 aromatic carbocycles. The normalized spacial score (nSPS) is 21.9. The number of rotatable bonds is 5. The van der Waals surface area contributed by atoms with Crippen LogP contribution in [0.3, 0.4) is 0 Å². The standard InChI is InChI=1S/C14H18BrNO4/c1-19-7-9-4-13(20-2)11(15)5-10(9)12-3-8(6-16-12)14(17)18/h4-5,8,12,16H,3,6-7H2,1-2H3,(H,17,18). The SMILES string of the molecule is COCc1cc(OC)c(Br)cc1C1CC(C(=O)O)CN1. The molecule has 110 valence electrons. The fraction of sp³-hybridized carbons (Fsp3) is 0.500. The predicted molar refractivity (Wildman–Crippen MR) is 77.9 cm³/mol. The molecular formula is C14H18BrNO4. The first kappa shape index (κ1) is 15.3. The van der Waals surface area contributed by atoms with Crippen molar-refractivity contribution in [1.29, 1.82) is 0 Å². The molecule has 1 saturated heterocycles. The number of methoxy groups -OCH3 is 2. The molecule has 1 aliphatic rings.